The van der Waals surface area contributed by atoms with E-state index in [0.29, 0.717) is 17.5 Å². The van der Waals surface area contributed by atoms with Crippen LogP contribution in [0.5, 0.6) is 0 Å². The first kappa shape index (κ1) is 15.3. The molecular weight excluding hydrogens is 277 g/mol. The normalized spacial score (nSPS) is 27.3. The summed E-state index contributed by atoms with van der Waals surface area (Å²) in [5, 5.41) is 3.18. The summed E-state index contributed by atoms with van der Waals surface area (Å²) in [4.78, 5) is 0.151. The topological polar surface area (TPSA) is 46.2 Å². The molecule has 0 radical (unpaired) electrons. The lowest BCUT2D eigenvalue weighted by atomic mass is 9.80. The Balaban J connectivity index is 2.20. The van der Waals surface area contributed by atoms with Crippen molar-refractivity contribution in [2.75, 3.05) is 11.6 Å². The third kappa shape index (κ3) is 3.72. The molecule has 2 rings (SSSR count). The number of hydrogen-bond donors (Lipinski definition) is 1. The Kier molecular flexibility index (Phi) is 4.37. The lowest BCUT2D eigenvalue weighted by Crippen LogP contribution is -2.30. The Labute approximate surface area is 120 Å². The van der Waals surface area contributed by atoms with Crippen LogP contribution in [-0.2, 0) is 9.84 Å². The highest BCUT2D eigenvalue weighted by Crippen LogP contribution is 2.31. The minimum absolute atomic E-state index is 0.151. The molecule has 5 heteroatoms. The summed E-state index contributed by atoms with van der Waals surface area (Å²) in [5.41, 5.74) is 0.291. The van der Waals surface area contributed by atoms with Gasteiger partial charge in [-0.05, 0) is 49.3 Å². The Morgan fingerprint density at radius 1 is 1.15 bits per heavy atom. The van der Waals surface area contributed by atoms with Crippen molar-refractivity contribution in [1.29, 1.82) is 0 Å². The molecule has 0 bridgehead atoms. The van der Waals surface area contributed by atoms with Crippen molar-refractivity contribution in [1.82, 2.24) is 0 Å². The predicted molar refractivity (Wildman–Crippen MR) is 79.1 cm³/mol. The molecule has 0 aromatic heterocycles. The first-order chi connectivity index (χ1) is 9.25. The first-order valence-electron chi connectivity index (χ1n) is 7.02. The van der Waals surface area contributed by atoms with Crippen LogP contribution in [0.2, 0.25) is 0 Å². The van der Waals surface area contributed by atoms with E-state index >= 15 is 0 Å². The minimum atomic E-state index is -3.31. The summed E-state index contributed by atoms with van der Waals surface area (Å²) in [5.74, 6) is 0.818. The van der Waals surface area contributed by atoms with Crippen molar-refractivity contribution >= 4 is 15.5 Å². The molecule has 1 N–H and O–H groups in total. The standard InChI is InChI=1S/C15H22FNO2S/c1-10-6-11(2)8-12(7-10)17-15-9-13(20(3,18)19)4-5-14(15)16/h4-5,9-12,17H,6-8H2,1-3H3. The summed E-state index contributed by atoms with van der Waals surface area (Å²) < 4.78 is 36.9. The van der Waals surface area contributed by atoms with Gasteiger partial charge in [0.2, 0.25) is 0 Å². The van der Waals surface area contributed by atoms with Crippen molar-refractivity contribution in [3.05, 3.63) is 24.0 Å². The fourth-order valence-electron chi connectivity index (χ4n) is 3.13. The number of nitrogens with one attached hydrogen (secondary N) is 1. The van der Waals surface area contributed by atoms with E-state index in [0.717, 1.165) is 19.1 Å². The van der Waals surface area contributed by atoms with Crippen molar-refractivity contribution < 1.29 is 12.8 Å². The zero-order chi connectivity index (χ0) is 14.9. The molecule has 0 amide bonds. The molecular formula is C15H22FNO2S. The molecule has 1 aromatic carbocycles. The van der Waals surface area contributed by atoms with E-state index in [1.807, 2.05) is 0 Å². The molecule has 3 nitrogen and oxygen atoms in total. The molecule has 112 valence electrons. The van der Waals surface area contributed by atoms with Crippen molar-refractivity contribution in [2.45, 2.75) is 44.0 Å². The third-order valence-electron chi connectivity index (χ3n) is 3.90. The molecule has 1 aliphatic carbocycles. The number of anilines is 1. The molecule has 0 saturated heterocycles. The number of benzene rings is 1. The number of rotatable bonds is 3. The van der Waals surface area contributed by atoms with Crippen molar-refractivity contribution in [3.8, 4) is 0 Å². The quantitative estimate of drug-likeness (QED) is 0.869. The fraction of sp³-hybridized carbons (Fsp3) is 0.600. The van der Waals surface area contributed by atoms with Gasteiger partial charge in [-0.3, -0.25) is 0 Å². The van der Waals surface area contributed by atoms with Gasteiger partial charge in [-0.1, -0.05) is 13.8 Å². The zero-order valence-corrected chi connectivity index (χ0v) is 13.0. The highest BCUT2D eigenvalue weighted by atomic mass is 32.2. The second-order valence-electron chi connectivity index (χ2n) is 6.17. The third-order valence-corrected chi connectivity index (χ3v) is 5.01. The van der Waals surface area contributed by atoms with Crippen LogP contribution in [-0.4, -0.2) is 20.7 Å². The molecule has 1 fully saturated rings. The van der Waals surface area contributed by atoms with Crippen molar-refractivity contribution in [3.63, 3.8) is 0 Å². The average molecular weight is 299 g/mol. The summed E-state index contributed by atoms with van der Waals surface area (Å²) in [7, 11) is -3.31. The highest BCUT2D eigenvalue weighted by molar-refractivity contribution is 7.90. The van der Waals surface area contributed by atoms with E-state index in [2.05, 4.69) is 19.2 Å². The fourth-order valence-corrected chi connectivity index (χ4v) is 3.78. The second kappa shape index (κ2) is 5.72. The predicted octanol–water partition coefficient (Wildman–Crippen LogP) is 3.47. The Hall–Kier alpha value is -1.10. The minimum Gasteiger partial charge on any atom is -0.380 e. The maximum Gasteiger partial charge on any atom is 0.175 e. The Morgan fingerprint density at radius 3 is 2.30 bits per heavy atom. The van der Waals surface area contributed by atoms with Gasteiger partial charge in [0.05, 0.1) is 10.6 Å². The first-order valence-corrected chi connectivity index (χ1v) is 8.91. The maximum absolute atomic E-state index is 13.8. The summed E-state index contributed by atoms with van der Waals surface area (Å²) in [6.45, 7) is 4.40. The second-order valence-corrected chi connectivity index (χ2v) is 8.19. The van der Waals surface area contributed by atoms with E-state index in [1.165, 1.54) is 24.6 Å². The average Bonchev–Trinajstić information content (AvgIpc) is 2.29. The smallest absolute Gasteiger partial charge is 0.175 e. The van der Waals surface area contributed by atoms with Crippen LogP contribution in [0.4, 0.5) is 10.1 Å². The largest absolute Gasteiger partial charge is 0.380 e. The van der Waals surface area contributed by atoms with Gasteiger partial charge in [0.1, 0.15) is 5.82 Å². The summed E-state index contributed by atoms with van der Waals surface area (Å²) in [6, 6.07) is 4.13. The molecule has 0 aliphatic heterocycles. The van der Waals surface area contributed by atoms with E-state index in [-0.39, 0.29) is 10.9 Å². The molecule has 1 aliphatic rings. The van der Waals surface area contributed by atoms with Gasteiger partial charge in [0.15, 0.2) is 9.84 Å². The molecule has 20 heavy (non-hydrogen) atoms. The zero-order valence-electron chi connectivity index (χ0n) is 12.2. The summed E-state index contributed by atoms with van der Waals surface area (Å²) in [6.07, 6.45) is 4.32. The van der Waals surface area contributed by atoms with E-state index < -0.39 is 15.7 Å². The van der Waals surface area contributed by atoms with Gasteiger partial charge < -0.3 is 5.32 Å². The van der Waals surface area contributed by atoms with E-state index in [9.17, 15) is 12.8 Å². The van der Waals surface area contributed by atoms with Gasteiger partial charge >= 0.3 is 0 Å². The number of sulfone groups is 1. The van der Waals surface area contributed by atoms with Gasteiger partial charge in [-0.15, -0.1) is 0 Å². The molecule has 2 unspecified atom stereocenters. The monoisotopic (exact) mass is 299 g/mol. The molecule has 2 atom stereocenters. The van der Waals surface area contributed by atoms with Crippen LogP contribution >= 0.6 is 0 Å². The summed E-state index contributed by atoms with van der Waals surface area (Å²) >= 11 is 0. The Morgan fingerprint density at radius 2 is 1.75 bits per heavy atom. The van der Waals surface area contributed by atoms with Gasteiger partial charge in [-0.2, -0.15) is 0 Å². The molecule has 0 heterocycles. The van der Waals surface area contributed by atoms with Crippen LogP contribution in [0.25, 0.3) is 0 Å². The number of halogens is 1. The molecule has 1 aromatic rings. The molecule has 0 spiro atoms. The van der Waals surface area contributed by atoms with E-state index in [1.54, 1.807) is 0 Å². The Bertz CT molecular complexity index is 576. The lowest BCUT2D eigenvalue weighted by Gasteiger charge is -2.32. The van der Waals surface area contributed by atoms with Gasteiger partial charge in [-0.25, -0.2) is 12.8 Å². The van der Waals surface area contributed by atoms with Crippen LogP contribution in [0, 0.1) is 17.7 Å². The van der Waals surface area contributed by atoms with Crippen LogP contribution in [0.15, 0.2) is 23.1 Å². The van der Waals surface area contributed by atoms with Crippen LogP contribution in [0.3, 0.4) is 0 Å². The molecule has 1 saturated carbocycles. The number of hydrogen-bond acceptors (Lipinski definition) is 3. The van der Waals surface area contributed by atoms with E-state index in [4.69, 9.17) is 0 Å². The lowest BCUT2D eigenvalue weighted by molar-refractivity contribution is 0.280. The van der Waals surface area contributed by atoms with Gasteiger partial charge in [0.25, 0.3) is 0 Å². The highest BCUT2D eigenvalue weighted by Gasteiger charge is 2.24. The SMILES string of the molecule is CC1CC(C)CC(Nc2cc(S(C)(=O)=O)ccc2F)C1. The maximum atomic E-state index is 13.8. The van der Waals surface area contributed by atoms with Crippen LogP contribution < -0.4 is 5.32 Å². The van der Waals surface area contributed by atoms with Crippen molar-refractivity contribution in [2.24, 2.45) is 11.8 Å². The van der Waals surface area contributed by atoms with Gasteiger partial charge in [0, 0.05) is 12.3 Å². The van der Waals surface area contributed by atoms with Crippen LogP contribution in [0.1, 0.15) is 33.1 Å².